The van der Waals surface area contributed by atoms with Gasteiger partial charge in [0.05, 0.1) is 5.60 Å². The number of ether oxygens (including phenoxy) is 2. The zero-order valence-electron chi connectivity index (χ0n) is 12.7. The number of hydrogen-bond donors (Lipinski definition) is 1. The normalized spacial score (nSPS) is 33.0. The maximum atomic E-state index is 6.73. The summed E-state index contributed by atoms with van der Waals surface area (Å²) in [6.45, 7) is 6.76. The van der Waals surface area contributed by atoms with Crippen molar-refractivity contribution in [2.45, 2.75) is 70.4 Å². The predicted octanol–water partition coefficient (Wildman–Crippen LogP) is 3.12. The zero-order chi connectivity index (χ0) is 13.7. The highest BCUT2D eigenvalue weighted by Gasteiger charge is 2.45. The molecule has 19 heavy (non-hydrogen) atoms. The topological polar surface area (TPSA) is 44.5 Å². The third-order valence-corrected chi connectivity index (χ3v) is 5.33. The molecule has 0 radical (unpaired) electrons. The molecule has 0 spiro atoms. The van der Waals surface area contributed by atoms with Gasteiger partial charge in [0, 0.05) is 38.7 Å². The van der Waals surface area contributed by atoms with Crippen molar-refractivity contribution in [1.82, 2.24) is 0 Å². The van der Waals surface area contributed by atoms with Crippen LogP contribution in [0, 0.1) is 11.8 Å². The minimum atomic E-state index is -0.123. The molecule has 0 aromatic carbocycles. The lowest BCUT2D eigenvalue weighted by Gasteiger charge is -2.47. The van der Waals surface area contributed by atoms with E-state index in [4.69, 9.17) is 15.2 Å². The van der Waals surface area contributed by atoms with E-state index in [1.807, 2.05) is 0 Å². The van der Waals surface area contributed by atoms with Crippen molar-refractivity contribution in [3.05, 3.63) is 0 Å². The molecule has 2 aliphatic rings. The second kappa shape index (κ2) is 7.05. The Balaban J connectivity index is 2.10. The minimum absolute atomic E-state index is 0.123. The van der Waals surface area contributed by atoms with E-state index >= 15 is 0 Å². The van der Waals surface area contributed by atoms with E-state index in [0.717, 1.165) is 38.6 Å². The van der Waals surface area contributed by atoms with Crippen molar-refractivity contribution in [3.63, 3.8) is 0 Å². The fourth-order valence-electron chi connectivity index (χ4n) is 4.18. The van der Waals surface area contributed by atoms with Gasteiger partial charge < -0.3 is 15.2 Å². The summed E-state index contributed by atoms with van der Waals surface area (Å²) >= 11 is 0. The standard InChI is InChI=1S/C16H31NO2/c1-3-13-7-5-6-8-14(13)15(17)16(19-4-2)9-11-18-12-10-16/h13-15H,3-12,17H2,1-2H3. The van der Waals surface area contributed by atoms with Crippen LogP contribution in [0.25, 0.3) is 0 Å². The van der Waals surface area contributed by atoms with Crippen LogP contribution in [-0.4, -0.2) is 31.5 Å². The van der Waals surface area contributed by atoms with Crippen molar-refractivity contribution in [2.24, 2.45) is 17.6 Å². The Morgan fingerprint density at radius 3 is 2.53 bits per heavy atom. The molecule has 0 aromatic rings. The highest BCUT2D eigenvalue weighted by atomic mass is 16.5. The molecule has 1 aliphatic heterocycles. The SMILES string of the molecule is CCOC1(C(N)C2CCCCC2CC)CCOCC1. The van der Waals surface area contributed by atoms with E-state index in [0.29, 0.717) is 5.92 Å². The van der Waals surface area contributed by atoms with Gasteiger partial charge in [0.1, 0.15) is 0 Å². The maximum absolute atomic E-state index is 6.73. The second-order valence-electron chi connectivity index (χ2n) is 6.25. The summed E-state index contributed by atoms with van der Waals surface area (Å²) in [6, 6.07) is 0.182. The van der Waals surface area contributed by atoms with Crippen LogP contribution in [0.1, 0.15) is 58.8 Å². The molecule has 3 heteroatoms. The Labute approximate surface area is 118 Å². The van der Waals surface area contributed by atoms with Gasteiger partial charge >= 0.3 is 0 Å². The van der Waals surface area contributed by atoms with Gasteiger partial charge in [0.25, 0.3) is 0 Å². The highest BCUT2D eigenvalue weighted by Crippen LogP contribution is 2.40. The molecular weight excluding hydrogens is 238 g/mol. The molecule has 1 aliphatic carbocycles. The molecule has 3 atom stereocenters. The van der Waals surface area contributed by atoms with E-state index in [1.54, 1.807) is 0 Å². The van der Waals surface area contributed by atoms with Crippen LogP contribution < -0.4 is 5.73 Å². The summed E-state index contributed by atoms with van der Waals surface area (Å²) in [5, 5.41) is 0. The first-order chi connectivity index (χ1) is 9.23. The fourth-order valence-corrected chi connectivity index (χ4v) is 4.18. The van der Waals surface area contributed by atoms with E-state index in [1.165, 1.54) is 32.1 Å². The third-order valence-electron chi connectivity index (χ3n) is 5.33. The van der Waals surface area contributed by atoms with Crippen molar-refractivity contribution in [1.29, 1.82) is 0 Å². The molecule has 2 N–H and O–H groups in total. The minimum Gasteiger partial charge on any atom is -0.381 e. The quantitative estimate of drug-likeness (QED) is 0.834. The summed E-state index contributed by atoms with van der Waals surface area (Å²) in [4.78, 5) is 0. The van der Waals surface area contributed by atoms with Crippen LogP contribution in [0.4, 0.5) is 0 Å². The first-order valence-electron chi connectivity index (χ1n) is 8.20. The van der Waals surface area contributed by atoms with Crippen LogP contribution in [0.15, 0.2) is 0 Å². The largest absolute Gasteiger partial charge is 0.381 e. The number of hydrogen-bond acceptors (Lipinski definition) is 3. The Bertz CT molecular complexity index is 258. The summed E-state index contributed by atoms with van der Waals surface area (Å²) in [5.41, 5.74) is 6.61. The monoisotopic (exact) mass is 269 g/mol. The predicted molar refractivity (Wildman–Crippen MR) is 78.1 cm³/mol. The Morgan fingerprint density at radius 1 is 1.21 bits per heavy atom. The van der Waals surface area contributed by atoms with Gasteiger partial charge in [-0.05, 0) is 25.2 Å². The third kappa shape index (κ3) is 3.32. The molecule has 1 heterocycles. The molecule has 2 rings (SSSR count). The molecule has 112 valence electrons. The van der Waals surface area contributed by atoms with Crippen molar-refractivity contribution < 1.29 is 9.47 Å². The molecule has 2 fully saturated rings. The van der Waals surface area contributed by atoms with Crippen LogP contribution in [0.5, 0.6) is 0 Å². The average molecular weight is 269 g/mol. The molecule has 1 saturated heterocycles. The van der Waals surface area contributed by atoms with Gasteiger partial charge in [0.2, 0.25) is 0 Å². The molecule has 0 aromatic heterocycles. The van der Waals surface area contributed by atoms with Gasteiger partial charge in [-0.15, -0.1) is 0 Å². The Morgan fingerprint density at radius 2 is 1.89 bits per heavy atom. The van der Waals surface area contributed by atoms with Crippen LogP contribution in [-0.2, 0) is 9.47 Å². The molecule has 0 bridgehead atoms. The summed E-state index contributed by atoms with van der Waals surface area (Å²) in [5.74, 6) is 1.44. The smallest absolute Gasteiger partial charge is 0.0879 e. The lowest BCUT2D eigenvalue weighted by molar-refractivity contribution is -0.135. The summed E-state index contributed by atoms with van der Waals surface area (Å²) < 4.78 is 11.7. The molecule has 0 amide bonds. The maximum Gasteiger partial charge on any atom is 0.0879 e. The molecule has 3 nitrogen and oxygen atoms in total. The van der Waals surface area contributed by atoms with Crippen molar-refractivity contribution >= 4 is 0 Å². The van der Waals surface area contributed by atoms with Gasteiger partial charge in [0.15, 0.2) is 0 Å². The lowest BCUT2D eigenvalue weighted by atomic mass is 9.68. The number of nitrogens with two attached hydrogens (primary N) is 1. The highest BCUT2D eigenvalue weighted by molar-refractivity contribution is 4.99. The van der Waals surface area contributed by atoms with Gasteiger partial charge in [-0.25, -0.2) is 0 Å². The summed E-state index contributed by atoms with van der Waals surface area (Å²) in [6.07, 6.45) is 8.56. The average Bonchev–Trinajstić information content (AvgIpc) is 2.47. The van der Waals surface area contributed by atoms with Crippen molar-refractivity contribution in [2.75, 3.05) is 19.8 Å². The fraction of sp³-hybridized carbons (Fsp3) is 1.00. The second-order valence-corrected chi connectivity index (χ2v) is 6.25. The van der Waals surface area contributed by atoms with Gasteiger partial charge in [-0.2, -0.15) is 0 Å². The molecular formula is C16H31NO2. The van der Waals surface area contributed by atoms with Gasteiger partial charge in [-0.3, -0.25) is 0 Å². The first-order valence-corrected chi connectivity index (χ1v) is 8.20. The first kappa shape index (κ1) is 15.3. The number of rotatable bonds is 5. The Kier molecular flexibility index (Phi) is 5.67. The van der Waals surface area contributed by atoms with E-state index in [-0.39, 0.29) is 11.6 Å². The van der Waals surface area contributed by atoms with Crippen molar-refractivity contribution in [3.8, 4) is 0 Å². The zero-order valence-corrected chi connectivity index (χ0v) is 12.7. The van der Waals surface area contributed by atoms with Gasteiger partial charge in [-0.1, -0.05) is 32.6 Å². The van der Waals surface area contributed by atoms with E-state index < -0.39 is 0 Å². The van der Waals surface area contributed by atoms with Crippen LogP contribution in [0.2, 0.25) is 0 Å². The lowest BCUT2D eigenvalue weighted by Crippen LogP contribution is -2.58. The molecule has 1 saturated carbocycles. The molecule has 3 unspecified atom stereocenters. The van der Waals surface area contributed by atoms with Crippen LogP contribution in [0.3, 0.4) is 0 Å². The van der Waals surface area contributed by atoms with Crippen LogP contribution >= 0.6 is 0 Å². The van der Waals surface area contributed by atoms with E-state index in [2.05, 4.69) is 13.8 Å². The summed E-state index contributed by atoms with van der Waals surface area (Å²) in [7, 11) is 0. The Hall–Kier alpha value is -0.120. The van der Waals surface area contributed by atoms with E-state index in [9.17, 15) is 0 Å².